The molecule has 5 nitrogen and oxygen atoms in total. The van der Waals surface area contributed by atoms with Crippen LogP contribution >= 0.6 is 12.8 Å². The molecule has 0 spiro atoms. The van der Waals surface area contributed by atoms with Gasteiger partial charge in [-0.2, -0.15) is 0 Å². The minimum absolute atomic E-state index is 0.234. The van der Waals surface area contributed by atoms with E-state index in [0.717, 1.165) is 42.6 Å². The van der Waals surface area contributed by atoms with Crippen LogP contribution in [0, 0.1) is 5.82 Å². The number of hydrogen-bond acceptors (Lipinski definition) is 5. The van der Waals surface area contributed by atoms with Gasteiger partial charge in [0.05, 0.1) is 11.3 Å². The van der Waals surface area contributed by atoms with Crippen molar-refractivity contribution in [3.05, 3.63) is 53.3 Å². The number of hydrogen-bond donors (Lipinski definition) is 3. The summed E-state index contributed by atoms with van der Waals surface area (Å²) in [6.45, 7) is 5.91. The zero-order valence-corrected chi connectivity index (χ0v) is 19.4. The summed E-state index contributed by atoms with van der Waals surface area (Å²) in [6, 6.07) is 9.96. The quantitative estimate of drug-likeness (QED) is 0.474. The molecule has 0 radical (unpaired) electrons. The number of amides is 1. The van der Waals surface area contributed by atoms with Gasteiger partial charge in [-0.25, -0.2) is 4.39 Å². The number of piperidine rings is 1. The molecule has 7 heteroatoms. The number of carbonyl (C=O) groups is 1. The molecule has 166 valence electrons. The van der Waals surface area contributed by atoms with Crippen LogP contribution in [0.5, 0.6) is 0 Å². The highest BCUT2D eigenvalue weighted by Crippen LogP contribution is 2.40. The topological polar surface area (TPSA) is 57.5 Å². The molecule has 1 aliphatic heterocycles. The summed E-state index contributed by atoms with van der Waals surface area (Å²) in [5.41, 5.74) is 3.82. The first-order valence-corrected chi connectivity index (χ1v) is 11.1. The van der Waals surface area contributed by atoms with Gasteiger partial charge in [-0.05, 0) is 61.2 Å². The van der Waals surface area contributed by atoms with Crippen molar-refractivity contribution in [2.24, 2.45) is 0 Å². The molecular formula is C24H30FN3O2S. The van der Waals surface area contributed by atoms with Gasteiger partial charge in [0.15, 0.2) is 0 Å². The van der Waals surface area contributed by atoms with Crippen LogP contribution in [0.4, 0.5) is 10.1 Å². The van der Waals surface area contributed by atoms with Gasteiger partial charge in [-0.1, -0.05) is 26.7 Å². The predicted molar refractivity (Wildman–Crippen MR) is 129 cm³/mol. The predicted octanol–water partition coefficient (Wildman–Crippen LogP) is 5.37. The van der Waals surface area contributed by atoms with Crippen molar-refractivity contribution in [1.29, 1.82) is 0 Å². The molecular weight excluding hydrogens is 413 g/mol. The maximum absolute atomic E-state index is 13.4. The molecule has 1 amide bonds. The second kappa shape index (κ2) is 10.2. The number of anilines is 1. The summed E-state index contributed by atoms with van der Waals surface area (Å²) in [7, 11) is 3.48. The molecule has 1 atom stereocenters. The van der Waals surface area contributed by atoms with Crippen LogP contribution in [0.25, 0.3) is 22.3 Å². The summed E-state index contributed by atoms with van der Waals surface area (Å²) < 4.78 is 21.3. The molecule has 3 aromatic rings. The van der Waals surface area contributed by atoms with Gasteiger partial charge in [0.25, 0.3) is 5.91 Å². The highest BCUT2D eigenvalue weighted by atomic mass is 32.1. The van der Waals surface area contributed by atoms with Crippen LogP contribution in [0.3, 0.4) is 0 Å². The Kier molecular flexibility index (Phi) is 7.62. The molecule has 1 unspecified atom stereocenters. The summed E-state index contributed by atoms with van der Waals surface area (Å²) in [5.74, 6) is 0.200. The number of nitrogens with one attached hydrogen (secondary N) is 2. The van der Waals surface area contributed by atoms with E-state index in [2.05, 4.69) is 29.5 Å². The van der Waals surface area contributed by atoms with Gasteiger partial charge in [0.1, 0.15) is 17.2 Å². The van der Waals surface area contributed by atoms with Crippen LogP contribution in [0.2, 0.25) is 0 Å². The molecule has 1 aromatic heterocycles. The number of furan rings is 1. The van der Waals surface area contributed by atoms with E-state index in [9.17, 15) is 9.18 Å². The van der Waals surface area contributed by atoms with Crippen LogP contribution in [0.15, 0.2) is 40.8 Å². The zero-order valence-electron chi connectivity index (χ0n) is 18.5. The van der Waals surface area contributed by atoms with E-state index >= 15 is 0 Å². The summed E-state index contributed by atoms with van der Waals surface area (Å²) in [4.78, 5) is 12.8. The SMILES string of the molecule is CC.CNC(=O)c1c(-c2ccc(F)cc2)oc2cc(N(C)S)c(C3CCCNC3)cc12. The van der Waals surface area contributed by atoms with Gasteiger partial charge in [0, 0.05) is 37.7 Å². The van der Waals surface area contributed by atoms with E-state index in [1.165, 1.54) is 12.1 Å². The normalized spacial score (nSPS) is 15.9. The minimum Gasteiger partial charge on any atom is -0.455 e. The standard InChI is InChI=1S/C22H24FN3O2S.C2H6/c1-24-22(27)20-17-10-16(14-4-3-9-25-12-14)18(26(2)29)11-19(17)28-21(20)13-5-7-15(23)8-6-13;1-2/h5-8,10-11,14,25,29H,3-4,9,12H2,1-2H3,(H,24,27);1-2H3. The fourth-order valence-corrected chi connectivity index (χ4v) is 4.20. The van der Waals surface area contributed by atoms with E-state index in [1.807, 2.05) is 27.0 Å². The molecule has 1 aliphatic rings. The first kappa shape index (κ1) is 23.2. The lowest BCUT2D eigenvalue weighted by Gasteiger charge is -2.27. The van der Waals surface area contributed by atoms with Gasteiger partial charge < -0.3 is 19.4 Å². The second-order valence-electron chi connectivity index (χ2n) is 7.37. The van der Waals surface area contributed by atoms with Gasteiger partial charge >= 0.3 is 0 Å². The van der Waals surface area contributed by atoms with Crippen LogP contribution in [-0.4, -0.2) is 33.1 Å². The van der Waals surface area contributed by atoms with Crippen LogP contribution in [-0.2, 0) is 0 Å². The Labute approximate surface area is 188 Å². The second-order valence-corrected chi connectivity index (χ2v) is 7.97. The molecule has 1 saturated heterocycles. The first-order valence-electron chi connectivity index (χ1n) is 10.7. The van der Waals surface area contributed by atoms with Crippen molar-refractivity contribution in [1.82, 2.24) is 10.6 Å². The molecule has 1 fully saturated rings. The number of benzene rings is 2. The fourth-order valence-electron chi connectivity index (χ4n) is 4.03. The first-order chi connectivity index (χ1) is 15.0. The Morgan fingerprint density at radius 2 is 1.97 bits per heavy atom. The van der Waals surface area contributed by atoms with Crippen LogP contribution in [0.1, 0.15) is 48.5 Å². The molecule has 0 aliphatic carbocycles. The average molecular weight is 444 g/mol. The van der Waals surface area contributed by atoms with E-state index < -0.39 is 0 Å². The lowest BCUT2D eigenvalue weighted by atomic mass is 9.89. The lowest BCUT2D eigenvalue weighted by Crippen LogP contribution is -2.29. The van der Waals surface area contributed by atoms with E-state index in [0.29, 0.717) is 28.4 Å². The van der Waals surface area contributed by atoms with Crippen molar-refractivity contribution in [2.75, 3.05) is 31.5 Å². The number of carbonyl (C=O) groups excluding carboxylic acids is 1. The number of thiol groups is 1. The number of fused-ring (bicyclic) bond motifs is 1. The summed E-state index contributed by atoms with van der Waals surface area (Å²) >= 11 is 4.53. The third kappa shape index (κ3) is 4.72. The van der Waals surface area contributed by atoms with E-state index in [1.54, 1.807) is 23.5 Å². The number of halogens is 1. The maximum atomic E-state index is 13.4. The Morgan fingerprint density at radius 1 is 1.26 bits per heavy atom. The number of rotatable bonds is 4. The number of nitrogens with zero attached hydrogens (tertiary/aromatic N) is 1. The monoisotopic (exact) mass is 443 g/mol. The molecule has 31 heavy (non-hydrogen) atoms. The highest BCUT2D eigenvalue weighted by molar-refractivity contribution is 7.81. The van der Waals surface area contributed by atoms with Crippen molar-refractivity contribution in [3.63, 3.8) is 0 Å². The molecule has 0 saturated carbocycles. The molecule has 2 aromatic carbocycles. The van der Waals surface area contributed by atoms with Gasteiger partial charge in [0.2, 0.25) is 0 Å². The van der Waals surface area contributed by atoms with Crippen molar-refractivity contribution in [3.8, 4) is 11.3 Å². The van der Waals surface area contributed by atoms with Crippen molar-refractivity contribution < 1.29 is 13.6 Å². The van der Waals surface area contributed by atoms with Gasteiger partial charge in [-0.3, -0.25) is 4.79 Å². The Hall–Kier alpha value is -2.51. The van der Waals surface area contributed by atoms with E-state index in [4.69, 9.17) is 4.42 Å². The highest BCUT2D eigenvalue weighted by Gasteiger charge is 2.26. The maximum Gasteiger partial charge on any atom is 0.255 e. The van der Waals surface area contributed by atoms with Crippen molar-refractivity contribution >= 4 is 35.4 Å². The van der Waals surface area contributed by atoms with Gasteiger partial charge in [-0.15, -0.1) is 0 Å². The summed E-state index contributed by atoms with van der Waals surface area (Å²) in [5, 5.41) is 6.91. The Bertz CT molecular complexity index is 1040. The lowest BCUT2D eigenvalue weighted by molar-refractivity contribution is 0.0964. The third-order valence-electron chi connectivity index (χ3n) is 5.48. The average Bonchev–Trinajstić information content (AvgIpc) is 3.18. The Balaban J connectivity index is 0.00000132. The minimum atomic E-state index is -0.336. The Morgan fingerprint density at radius 3 is 2.55 bits per heavy atom. The molecule has 0 bridgehead atoms. The smallest absolute Gasteiger partial charge is 0.255 e. The zero-order chi connectivity index (χ0) is 22.5. The molecule has 4 rings (SSSR count). The van der Waals surface area contributed by atoms with Crippen molar-refractivity contribution in [2.45, 2.75) is 32.6 Å². The third-order valence-corrected chi connectivity index (χ3v) is 5.70. The summed E-state index contributed by atoms with van der Waals surface area (Å²) in [6.07, 6.45) is 2.18. The largest absolute Gasteiger partial charge is 0.455 e. The molecule has 2 heterocycles. The van der Waals surface area contributed by atoms with E-state index in [-0.39, 0.29) is 11.7 Å². The molecule has 2 N–H and O–H groups in total. The fraction of sp³-hybridized carbons (Fsp3) is 0.375. The van der Waals surface area contributed by atoms with Crippen LogP contribution < -0.4 is 14.9 Å².